The second kappa shape index (κ2) is 23.6. The van der Waals surface area contributed by atoms with Crippen molar-refractivity contribution in [1.29, 1.82) is 0 Å². The Labute approximate surface area is 391 Å². The van der Waals surface area contributed by atoms with E-state index in [1.807, 2.05) is 115 Å². The summed E-state index contributed by atoms with van der Waals surface area (Å²) in [7, 11) is 0. The van der Waals surface area contributed by atoms with Crippen molar-refractivity contribution in [3.63, 3.8) is 0 Å². The van der Waals surface area contributed by atoms with Crippen LogP contribution in [0.25, 0.3) is 24.3 Å². The van der Waals surface area contributed by atoms with Crippen molar-refractivity contribution in [2.45, 2.75) is 38.3 Å². The van der Waals surface area contributed by atoms with Crippen LogP contribution in [0.5, 0.6) is 17.2 Å². The van der Waals surface area contributed by atoms with Gasteiger partial charge < -0.3 is 18.9 Å². The monoisotopic (exact) mass is 864 g/mol. The molecule has 0 aliphatic heterocycles. The predicted octanol–water partition coefficient (Wildman–Crippen LogP) is 15.8. The zero-order valence-corrected chi connectivity index (χ0v) is 37.4. The Balaban J connectivity index is 1.23. The van der Waals surface area contributed by atoms with Crippen molar-refractivity contribution in [3.05, 3.63) is 294 Å². The second-order valence-corrected chi connectivity index (χ2v) is 15.9. The van der Waals surface area contributed by atoms with Crippen LogP contribution < -0.4 is 14.2 Å². The lowest BCUT2D eigenvalue weighted by atomic mass is 9.73. The Morgan fingerprint density at radius 1 is 0.409 bits per heavy atom. The van der Waals surface area contributed by atoms with Gasteiger partial charge in [-0.2, -0.15) is 0 Å². The Morgan fingerprint density at radius 3 is 1.14 bits per heavy atom. The van der Waals surface area contributed by atoms with Gasteiger partial charge in [0.15, 0.2) is 0 Å². The molecule has 1 unspecified atom stereocenters. The lowest BCUT2D eigenvalue weighted by Gasteiger charge is -2.30. The fourth-order valence-corrected chi connectivity index (χ4v) is 7.62. The summed E-state index contributed by atoms with van der Waals surface area (Å²) in [4.78, 5) is 0. The Morgan fingerprint density at radius 2 is 0.758 bits per heavy atom. The van der Waals surface area contributed by atoms with Crippen LogP contribution >= 0.6 is 0 Å². The van der Waals surface area contributed by atoms with E-state index in [4.69, 9.17) is 25.5 Å². The van der Waals surface area contributed by atoms with Crippen LogP contribution in [0.1, 0.15) is 73.0 Å². The third kappa shape index (κ3) is 13.0. The van der Waals surface area contributed by atoms with Crippen LogP contribution in [0, 0.1) is 0 Å². The molecule has 7 aromatic rings. The topological polar surface area (TPSA) is 36.9 Å². The molecule has 0 heterocycles. The van der Waals surface area contributed by atoms with Crippen LogP contribution in [-0.4, -0.2) is 0 Å². The van der Waals surface area contributed by atoms with E-state index in [9.17, 15) is 0 Å². The molecule has 1 atom stereocenters. The average molecular weight is 865 g/mol. The largest absolute Gasteiger partial charge is 0.497 e. The molecule has 0 saturated carbocycles. The molecule has 4 heteroatoms. The Bertz CT molecular complexity index is 2670. The number of benzene rings is 7. The molecule has 7 rings (SSSR count). The molecule has 0 radical (unpaired) electrons. The van der Waals surface area contributed by atoms with Crippen molar-refractivity contribution < 1.29 is 18.9 Å². The zero-order valence-electron chi connectivity index (χ0n) is 37.4. The molecular weight excluding hydrogens is 809 g/mol. The first kappa shape index (κ1) is 45.9. The van der Waals surface area contributed by atoms with Gasteiger partial charge in [-0.15, -0.1) is 0 Å². The normalized spacial score (nSPS) is 11.5. The highest BCUT2D eigenvalue weighted by atomic mass is 16.5. The predicted molar refractivity (Wildman–Crippen MR) is 275 cm³/mol. The van der Waals surface area contributed by atoms with Gasteiger partial charge in [0, 0.05) is 11.8 Å². The molecule has 0 amide bonds. The van der Waals surface area contributed by atoms with Gasteiger partial charge in [0.1, 0.15) is 43.7 Å². The highest BCUT2D eigenvalue weighted by Crippen LogP contribution is 2.45. The second-order valence-electron chi connectivity index (χ2n) is 15.9. The van der Waals surface area contributed by atoms with Crippen LogP contribution in [0.15, 0.2) is 233 Å². The van der Waals surface area contributed by atoms with E-state index in [2.05, 4.69) is 123 Å². The maximum Gasteiger partial charge on any atom is 0.120 e. The van der Waals surface area contributed by atoms with Gasteiger partial charge in [0.2, 0.25) is 0 Å². The van der Waals surface area contributed by atoms with E-state index < -0.39 is 0 Å². The summed E-state index contributed by atoms with van der Waals surface area (Å²) in [6.45, 7) is 22.0. The molecule has 0 fully saturated rings. The van der Waals surface area contributed by atoms with Crippen LogP contribution in [-0.2, 0) is 31.2 Å². The van der Waals surface area contributed by atoms with Gasteiger partial charge in [-0.25, -0.2) is 0 Å². The highest BCUT2D eigenvalue weighted by Gasteiger charge is 2.29. The standard InChI is InChI=1S/C62H56O4/c1-6-47-22-30-51(31-23-47)42-63-38-11-10-15-46(5)61(55-16-12-19-58(39-55)64-43-52-32-24-48(7-2)25-33-52)62(56-17-13-20-59(40-56)65-44-53-34-26-49(8-3)27-35-53)57-18-14-21-60(41-57)66-45-54-36-28-50(9-4)29-37-54/h6-41,61-62H,1-5,42-45H2/b15-10-,38-11+. The molecule has 0 aromatic heterocycles. The Hall–Kier alpha value is -8.08. The summed E-state index contributed by atoms with van der Waals surface area (Å²) >= 11 is 0. The van der Waals surface area contributed by atoms with Crippen LogP contribution in [0.4, 0.5) is 0 Å². The average Bonchev–Trinajstić information content (AvgIpc) is 3.37. The summed E-state index contributed by atoms with van der Waals surface area (Å²) < 4.78 is 25.3. The van der Waals surface area contributed by atoms with Crippen molar-refractivity contribution in [2.24, 2.45) is 0 Å². The van der Waals surface area contributed by atoms with Gasteiger partial charge in [-0.05, 0) is 109 Å². The summed E-state index contributed by atoms with van der Waals surface area (Å²) in [5.41, 5.74) is 12.6. The number of hydrogen-bond donors (Lipinski definition) is 0. The first-order valence-electron chi connectivity index (χ1n) is 22.1. The van der Waals surface area contributed by atoms with E-state index in [-0.39, 0.29) is 11.8 Å². The van der Waals surface area contributed by atoms with Crippen LogP contribution in [0.2, 0.25) is 0 Å². The maximum absolute atomic E-state index is 6.47. The molecule has 0 spiro atoms. The lowest BCUT2D eigenvalue weighted by Crippen LogP contribution is -2.15. The smallest absolute Gasteiger partial charge is 0.120 e. The summed E-state index contributed by atoms with van der Waals surface area (Å²) in [5.74, 6) is 1.80. The summed E-state index contributed by atoms with van der Waals surface area (Å²) in [6, 6.07) is 57.9. The Kier molecular flexibility index (Phi) is 16.4. The zero-order chi connectivity index (χ0) is 45.9. The first-order valence-corrected chi connectivity index (χ1v) is 22.1. The molecule has 66 heavy (non-hydrogen) atoms. The number of hydrogen-bond acceptors (Lipinski definition) is 4. The van der Waals surface area contributed by atoms with Gasteiger partial charge >= 0.3 is 0 Å². The van der Waals surface area contributed by atoms with Gasteiger partial charge in [-0.3, -0.25) is 0 Å². The molecule has 4 nitrogen and oxygen atoms in total. The van der Waals surface area contributed by atoms with Gasteiger partial charge in [0.25, 0.3) is 0 Å². The van der Waals surface area contributed by atoms with Gasteiger partial charge in [0.05, 0.1) is 6.26 Å². The number of ether oxygens (including phenoxy) is 4. The molecule has 0 aliphatic rings. The van der Waals surface area contributed by atoms with Crippen LogP contribution in [0.3, 0.4) is 0 Å². The third-order valence-corrected chi connectivity index (χ3v) is 11.3. The van der Waals surface area contributed by atoms with Crippen molar-refractivity contribution in [3.8, 4) is 17.2 Å². The molecule has 0 aliphatic carbocycles. The third-order valence-electron chi connectivity index (χ3n) is 11.3. The number of allylic oxidation sites excluding steroid dienone is 4. The molecule has 0 saturated heterocycles. The fraction of sp³-hybridized carbons (Fsp3) is 0.0968. The van der Waals surface area contributed by atoms with Crippen molar-refractivity contribution >= 4 is 24.3 Å². The van der Waals surface area contributed by atoms with E-state index >= 15 is 0 Å². The summed E-state index contributed by atoms with van der Waals surface area (Å²) in [5, 5.41) is 0. The molecular formula is C62H56O4. The first-order chi connectivity index (χ1) is 32.4. The van der Waals surface area contributed by atoms with E-state index in [1.165, 1.54) is 0 Å². The number of rotatable bonds is 23. The SMILES string of the molecule is C=Cc1ccc(CO/C=C/C=C\C(=C)C(c2cccc(OCc3ccc(C=C)cc3)c2)C(c2cccc(OCc3ccc(C=C)cc3)c2)c2cccc(OCc3ccc(C=C)cc3)c2)cc1. The minimum atomic E-state index is -0.252. The maximum atomic E-state index is 6.47. The van der Waals surface area contributed by atoms with E-state index in [0.717, 1.165) is 84.0 Å². The van der Waals surface area contributed by atoms with E-state index in [0.29, 0.717) is 26.4 Å². The van der Waals surface area contributed by atoms with Crippen molar-refractivity contribution in [1.82, 2.24) is 0 Å². The lowest BCUT2D eigenvalue weighted by molar-refractivity contribution is 0.236. The minimum Gasteiger partial charge on any atom is -0.497 e. The molecule has 7 aromatic carbocycles. The van der Waals surface area contributed by atoms with Crippen molar-refractivity contribution in [2.75, 3.05) is 0 Å². The molecule has 0 N–H and O–H groups in total. The quantitative estimate of drug-likeness (QED) is 0.0474. The van der Waals surface area contributed by atoms with Gasteiger partial charge in [-0.1, -0.05) is 203 Å². The highest BCUT2D eigenvalue weighted by molar-refractivity contribution is 5.52. The minimum absolute atomic E-state index is 0.228. The fourth-order valence-electron chi connectivity index (χ4n) is 7.62. The molecule has 328 valence electrons. The molecule has 0 bridgehead atoms. The summed E-state index contributed by atoms with van der Waals surface area (Å²) in [6.07, 6.45) is 15.0. The van der Waals surface area contributed by atoms with E-state index in [1.54, 1.807) is 6.26 Å².